The summed E-state index contributed by atoms with van der Waals surface area (Å²) in [6, 6.07) is 3.48. The maximum Gasteiger partial charge on any atom is 0.222 e. The molecule has 1 N–H and O–H groups in total. The van der Waals surface area contributed by atoms with Gasteiger partial charge in [-0.3, -0.25) is 9.52 Å². The molecule has 1 aromatic rings. The highest BCUT2D eigenvalue weighted by Gasteiger charge is 2.16. The Hall–Kier alpha value is -1.36. The van der Waals surface area contributed by atoms with Gasteiger partial charge in [0.25, 0.3) is 0 Å². The quantitative estimate of drug-likeness (QED) is 0.638. The first kappa shape index (κ1) is 14.7. The zero-order chi connectivity index (χ0) is 13.9. The minimum Gasteiger partial charge on any atom is -0.298 e. The summed E-state index contributed by atoms with van der Waals surface area (Å²) in [4.78, 5) is 10.9. The number of nitrogens with one attached hydrogen (secondary N) is 1. The minimum absolute atomic E-state index is 0.139. The van der Waals surface area contributed by atoms with E-state index in [2.05, 4.69) is 4.72 Å². The molecule has 0 aliphatic rings. The molecular formula is C13H19NO3S. The van der Waals surface area contributed by atoms with Crippen LogP contribution >= 0.6 is 0 Å². The lowest BCUT2D eigenvalue weighted by Gasteiger charge is -2.19. The van der Waals surface area contributed by atoms with E-state index in [1.165, 1.54) is 0 Å². The van der Waals surface area contributed by atoms with Crippen molar-refractivity contribution >= 4 is 22.9 Å². The van der Waals surface area contributed by atoms with Gasteiger partial charge in [-0.2, -0.15) is 0 Å². The Morgan fingerprint density at radius 2 is 1.50 bits per heavy atom. The molecule has 0 aromatic heterocycles. The molecule has 0 atom stereocenters. The van der Waals surface area contributed by atoms with Crippen molar-refractivity contribution in [2.24, 2.45) is 0 Å². The van der Waals surface area contributed by atoms with Crippen LogP contribution in [0.3, 0.4) is 0 Å². The van der Waals surface area contributed by atoms with Gasteiger partial charge in [0, 0.05) is 5.56 Å². The number of hydrogen-bond acceptors (Lipinski definition) is 3. The van der Waals surface area contributed by atoms with Gasteiger partial charge in [-0.15, -0.1) is 0 Å². The van der Waals surface area contributed by atoms with Crippen LogP contribution in [0.5, 0.6) is 0 Å². The molecule has 5 heteroatoms. The zero-order valence-corrected chi connectivity index (χ0v) is 12.0. The molecule has 0 radical (unpaired) electrons. The topological polar surface area (TPSA) is 63.2 Å². The molecule has 100 valence electrons. The molecular weight excluding hydrogens is 250 g/mol. The van der Waals surface area contributed by atoms with Crippen LogP contribution < -0.4 is 4.72 Å². The van der Waals surface area contributed by atoms with Crippen LogP contribution in [0.25, 0.3) is 0 Å². The second-order valence-corrected chi connectivity index (χ2v) is 5.61. The molecule has 0 fully saturated rings. The lowest BCUT2D eigenvalue weighted by Crippen LogP contribution is -2.07. The van der Waals surface area contributed by atoms with Crippen molar-refractivity contribution in [3.8, 4) is 0 Å². The van der Waals surface area contributed by atoms with Gasteiger partial charge in [0.2, 0.25) is 10.9 Å². The zero-order valence-electron chi connectivity index (χ0n) is 11.1. The highest BCUT2D eigenvalue weighted by Crippen LogP contribution is 2.33. The summed E-state index contributed by atoms with van der Waals surface area (Å²) in [6.07, 6.45) is 0.790. The second-order valence-electron chi connectivity index (χ2n) is 4.87. The van der Waals surface area contributed by atoms with Crippen LogP contribution in [-0.2, 0) is 10.9 Å². The first-order valence-corrected chi connectivity index (χ1v) is 7.08. The standard InChI is InChI=1S/C13H19NO3S/c1-8(2)11-5-10(7-15)6-12(9(3)4)13(11)14-18(16)17/h5-9,18H,1-4H3,(H,14,16,17). The number of carbonyl (C=O) groups excluding carboxylic acids is 1. The average molecular weight is 269 g/mol. The van der Waals surface area contributed by atoms with E-state index in [1.807, 2.05) is 27.7 Å². The van der Waals surface area contributed by atoms with Gasteiger partial charge in [-0.25, -0.2) is 8.42 Å². The molecule has 0 bridgehead atoms. The SMILES string of the molecule is CC(C)c1cc(C=O)cc(C(C)C)c1N[SH](=O)=O. The first-order valence-electron chi connectivity index (χ1n) is 5.90. The number of hydrogen-bond donors (Lipinski definition) is 2. The number of carbonyl (C=O) groups is 1. The van der Waals surface area contributed by atoms with E-state index in [0.29, 0.717) is 11.3 Å². The van der Waals surface area contributed by atoms with Crippen molar-refractivity contribution in [2.75, 3.05) is 4.72 Å². The number of benzene rings is 1. The van der Waals surface area contributed by atoms with Gasteiger partial charge in [0.05, 0.1) is 5.69 Å². The Kier molecular flexibility index (Phi) is 4.90. The summed E-state index contributed by atoms with van der Waals surface area (Å²) in [5.74, 6) is 0.277. The molecule has 18 heavy (non-hydrogen) atoms. The second kappa shape index (κ2) is 6.00. The predicted octanol–water partition coefficient (Wildman–Crippen LogP) is 2.68. The summed E-state index contributed by atoms with van der Waals surface area (Å²) in [5.41, 5.74) is 2.89. The number of aldehydes is 1. The smallest absolute Gasteiger partial charge is 0.222 e. The lowest BCUT2D eigenvalue weighted by molar-refractivity contribution is 0.112. The molecule has 1 rings (SSSR count). The maximum absolute atomic E-state index is 10.9. The average Bonchev–Trinajstić information content (AvgIpc) is 2.27. The number of anilines is 1. The molecule has 0 heterocycles. The van der Waals surface area contributed by atoms with Gasteiger partial charge in [-0.1, -0.05) is 27.7 Å². The fourth-order valence-corrected chi connectivity index (χ4v) is 2.35. The predicted molar refractivity (Wildman–Crippen MR) is 73.9 cm³/mol. The summed E-state index contributed by atoms with van der Waals surface area (Å²) >= 11 is 0. The third-order valence-corrected chi connectivity index (χ3v) is 3.21. The Morgan fingerprint density at radius 1 is 1.06 bits per heavy atom. The van der Waals surface area contributed by atoms with Gasteiger partial charge in [-0.05, 0) is 35.1 Å². The van der Waals surface area contributed by atoms with Crippen LogP contribution in [0.1, 0.15) is 61.0 Å². The molecule has 0 aliphatic heterocycles. The van der Waals surface area contributed by atoms with E-state index in [1.54, 1.807) is 12.1 Å². The van der Waals surface area contributed by atoms with Crippen LogP contribution in [-0.4, -0.2) is 14.7 Å². The van der Waals surface area contributed by atoms with E-state index < -0.39 is 10.9 Å². The van der Waals surface area contributed by atoms with Crippen molar-refractivity contribution in [1.29, 1.82) is 0 Å². The largest absolute Gasteiger partial charge is 0.298 e. The Balaban J connectivity index is 3.54. The molecule has 4 nitrogen and oxygen atoms in total. The fraction of sp³-hybridized carbons (Fsp3) is 0.462. The van der Waals surface area contributed by atoms with Crippen LogP contribution in [0.2, 0.25) is 0 Å². The molecule has 0 saturated carbocycles. The molecule has 0 saturated heterocycles. The van der Waals surface area contributed by atoms with Gasteiger partial charge in [0.1, 0.15) is 6.29 Å². The fourth-order valence-electron chi connectivity index (χ4n) is 1.91. The first-order chi connectivity index (χ1) is 8.36. The summed E-state index contributed by atoms with van der Waals surface area (Å²) in [5, 5.41) is 0. The van der Waals surface area contributed by atoms with Crippen molar-refractivity contribution in [1.82, 2.24) is 0 Å². The number of thiol groups is 1. The molecule has 0 unspecified atom stereocenters. The van der Waals surface area contributed by atoms with Crippen molar-refractivity contribution in [3.05, 3.63) is 28.8 Å². The van der Waals surface area contributed by atoms with Crippen LogP contribution in [0, 0.1) is 0 Å². The minimum atomic E-state index is -2.71. The van der Waals surface area contributed by atoms with Gasteiger partial charge in [0.15, 0.2) is 0 Å². The third-order valence-electron chi connectivity index (χ3n) is 2.80. The van der Waals surface area contributed by atoms with Gasteiger partial charge < -0.3 is 0 Å². The van der Waals surface area contributed by atoms with Crippen LogP contribution in [0.4, 0.5) is 5.69 Å². The Morgan fingerprint density at radius 3 is 1.78 bits per heavy atom. The third kappa shape index (κ3) is 3.32. The van der Waals surface area contributed by atoms with Crippen molar-refractivity contribution < 1.29 is 13.2 Å². The maximum atomic E-state index is 10.9. The highest BCUT2D eigenvalue weighted by atomic mass is 32.2. The molecule has 1 aromatic carbocycles. The normalized spacial score (nSPS) is 11.3. The summed E-state index contributed by atoms with van der Waals surface area (Å²) in [7, 11) is -2.71. The van der Waals surface area contributed by atoms with Crippen molar-refractivity contribution in [3.63, 3.8) is 0 Å². The van der Waals surface area contributed by atoms with E-state index in [4.69, 9.17) is 0 Å². The van der Waals surface area contributed by atoms with Crippen molar-refractivity contribution in [2.45, 2.75) is 39.5 Å². The van der Waals surface area contributed by atoms with E-state index in [-0.39, 0.29) is 11.8 Å². The van der Waals surface area contributed by atoms with Gasteiger partial charge >= 0.3 is 0 Å². The van der Waals surface area contributed by atoms with E-state index in [9.17, 15) is 13.2 Å². The number of rotatable bonds is 5. The molecule has 0 aliphatic carbocycles. The molecule has 0 amide bonds. The monoisotopic (exact) mass is 269 g/mol. The summed E-state index contributed by atoms with van der Waals surface area (Å²) < 4.78 is 24.4. The Labute approximate surface area is 109 Å². The van der Waals surface area contributed by atoms with E-state index in [0.717, 1.165) is 17.4 Å². The lowest BCUT2D eigenvalue weighted by atomic mass is 9.91. The summed E-state index contributed by atoms with van der Waals surface area (Å²) in [6.45, 7) is 7.88. The molecule has 0 spiro atoms. The van der Waals surface area contributed by atoms with E-state index >= 15 is 0 Å². The van der Waals surface area contributed by atoms with Crippen LogP contribution in [0.15, 0.2) is 12.1 Å². The Bertz CT molecular complexity index is 482. The highest BCUT2D eigenvalue weighted by molar-refractivity contribution is 7.73.